The van der Waals surface area contributed by atoms with Crippen molar-refractivity contribution in [2.75, 3.05) is 46.8 Å². The summed E-state index contributed by atoms with van der Waals surface area (Å²) in [6, 6.07) is 0.824. The van der Waals surface area contributed by atoms with Crippen LogP contribution < -0.4 is 5.73 Å². The van der Waals surface area contributed by atoms with Crippen LogP contribution in [-0.4, -0.2) is 73.6 Å². The SMILES string of the molecule is CN(C)C(=O)N1CCC(N2CCC(CN)CC2)CC1. The Morgan fingerprint density at radius 2 is 1.68 bits per heavy atom. The van der Waals surface area contributed by atoms with Gasteiger partial charge in [0.15, 0.2) is 0 Å². The van der Waals surface area contributed by atoms with Crippen LogP contribution in [0.1, 0.15) is 25.7 Å². The average Bonchev–Trinajstić information content (AvgIpc) is 2.46. The van der Waals surface area contributed by atoms with Gasteiger partial charge in [-0.05, 0) is 51.2 Å². The zero-order valence-corrected chi connectivity index (χ0v) is 12.3. The number of urea groups is 1. The molecule has 0 saturated carbocycles. The summed E-state index contributed by atoms with van der Waals surface area (Å²) in [5.74, 6) is 0.728. The standard InChI is InChI=1S/C14H28N4O/c1-16(2)14(19)18-9-5-13(6-10-18)17-7-3-12(11-15)4-8-17/h12-13H,3-11,15H2,1-2H3. The number of hydrogen-bond donors (Lipinski definition) is 1. The van der Waals surface area contributed by atoms with Crippen molar-refractivity contribution >= 4 is 6.03 Å². The number of carbonyl (C=O) groups excluding carboxylic acids is 1. The number of amides is 2. The van der Waals surface area contributed by atoms with Crippen LogP contribution in [0.4, 0.5) is 4.79 Å². The Labute approximate surface area is 116 Å². The second-order valence-electron chi connectivity index (χ2n) is 6.11. The van der Waals surface area contributed by atoms with Gasteiger partial charge in [0.25, 0.3) is 0 Å². The molecule has 0 unspecified atom stereocenters. The Morgan fingerprint density at radius 1 is 1.11 bits per heavy atom. The summed E-state index contributed by atoms with van der Waals surface area (Å²) in [6.45, 7) is 5.02. The first kappa shape index (κ1) is 14.6. The summed E-state index contributed by atoms with van der Waals surface area (Å²) in [5.41, 5.74) is 5.74. The Balaban J connectivity index is 1.76. The summed E-state index contributed by atoms with van der Waals surface area (Å²) >= 11 is 0. The lowest BCUT2D eigenvalue weighted by Crippen LogP contribution is -2.51. The Kier molecular flexibility index (Phi) is 5.05. The number of piperidine rings is 2. The highest BCUT2D eigenvalue weighted by Gasteiger charge is 2.29. The highest BCUT2D eigenvalue weighted by molar-refractivity contribution is 5.73. The van der Waals surface area contributed by atoms with Gasteiger partial charge >= 0.3 is 6.03 Å². The molecule has 2 amide bonds. The monoisotopic (exact) mass is 268 g/mol. The minimum Gasteiger partial charge on any atom is -0.331 e. The highest BCUT2D eigenvalue weighted by Crippen LogP contribution is 2.23. The van der Waals surface area contributed by atoms with Gasteiger partial charge in [-0.25, -0.2) is 4.79 Å². The maximum absolute atomic E-state index is 11.9. The Hall–Kier alpha value is -0.810. The number of hydrogen-bond acceptors (Lipinski definition) is 3. The Bertz CT molecular complexity index is 292. The van der Waals surface area contributed by atoms with Crippen LogP contribution in [0, 0.1) is 5.92 Å². The minimum atomic E-state index is 0.153. The molecule has 110 valence electrons. The summed E-state index contributed by atoms with van der Waals surface area (Å²) in [5, 5.41) is 0. The number of carbonyl (C=O) groups is 1. The highest BCUT2D eigenvalue weighted by atomic mass is 16.2. The molecule has 0 aliphatic carbocycles. The van der Waals surface area contributed by atoms with E-state index < -0.39 is 0 Å². The van der Waals surface area contributed by atoms with Crippen LogP contribution in [-0.2, 0) is 0 Å². The molecule has 2 saturated heterocycles. The molecule has 0 atom stereocenters. The van der Waals surface area contributed by atoms with Crippen LogP contribution in [0.25, 0.3) is 0 Å². The topological polar surface area (TPSA) is 52.8 Å². The normalized spacial score (nSPS) is 23.6. The first-order valence-electron chi connectivity index (χ1n) is 7.52. The molecule has 0 aromatic rings. The van der Waals surface area contributed by atoms with Crippen LogP contribution in [0.15, 0.2) is 0 Å². The van der Waals surface area contributed by atoms with Crippen LogP contribution in [0.2, 0.25) is 0 Å². The van der Waals surface area contributed by atoms with Crippen LogP contribution in [0.5, 0.6) is 0 Å². The minimum absolute atomic E-state index is 0.153. The van der Waals surface area contributed by atoms with Gasteiger partial charge in [-0.2, -0.15) is 0 Å². The fraction of sp³-hybridized carbons (Fsp3) is 0.929. The lowest BCUT2D eigenvalue weighted by atomic mass is 9.93. The predicted octanol–water partition coefficient (Wildman–Crippen LogP) is 0.803. The van der Waals surface area contributed by atoms with Crippen molar-refractivity contribution in [3.8, 4) is 0 Å². The maximum atomic E-state index is 11.9. The number of likely N-dealkylation sites (tertiary alicyclic amines) is 2. The van der Waals surface area contributed by atoms with E-state index in [1.165, 1.54) is 25.9 Å². The molecule has 0 aromatic carbocycles. The van der Waals surface area contributed by atoms with Crippen molar-refractivity contribution in [3.63, 3.8) is 0 Å². The van der Waals surface area contributed by atoms with Crippen LogP contribution in [0.3, 0.4) is 0 Å². The molecule has 5 heteroatoms. The average molecular weight is 268 g/mol. The predicted molar refractivity (Wildman–Crippen MR) is 77.0 cm³/mol. The summed E-state index contributed by atoms with van der Waals surface area (Å²) in [4.78, 5) is 18.2. The molecular formula is C14H28N4O. The van der Waals surface area contributed by atoms with E-state index in [1.807, 2.05) is 19.0 Å². The van der Waals surface area contributed by atoms with Gasteiger partial charge in [-0.3, -0.25) is 0 Å². The van der Waals surface area contributed by atoms with E-state index in [2.05, 4.69) is 4.90 Å². The van der Waals surface area contributed by atoms with E-state index in [9.17, 15) is 4.79 Å². The first-order valence-corrected chi connectivity index (χ1v) is 7.52. The molecule has 0 radical (unpaired) electrons. The lowest BCUT2D eigenvalue weighted by Gasteiger charge is -2.42. The van der Waals surface area contributed by atoms with E-state index >= 15 is 0 Å². The molecule has 2 aliphatic heterocycles. The first-order chi connectivity index (χ1) is 9.11. The van der Waals surface area contributed by atoms with Crippen molar-refractivity contribution in [1.29, 1.82) is 0 Å². The number of nitrogens with two attached hydrogens (primary N) is 1. The van der Waals surface area contributed by atoms with Crippen LogP contribution >= 0.6 is 0 Å². The summed E-state index contributed by atoms with van der Waals surface area (Å²) in [6.07, 6.45) is 4.72. The number of nitrogens with zero attached hydrogens (tertiary/aromatic N) is 3. The van der Waals surface area contributed by atoms with Gasteiger partial charge in [0.2, 0.25) is 0 Å². The van der Waals surface area contributed by atoms with Gasteiger partial charge in [0.05, 0.1) is 0 Å². The molecule has 2 aliphatic rings. The van der Waals surface area contributed by atoms with Crippen molar-refractivity contribution in [2.24, 2.45) is 11.7 Å². The zero-order valence-electron chi connectivity index (χ0n) is 12.3. The third-order valence-electron chi connectivity index (χ3n) is 4.62. The van der Waals surface area contributed by atoms with Crippen molar-refractivity contribution in [1.82, 2.24) is 14.7 Å². The van der Waals surface area contributed by atoms with Crippen molar-refractivity contribution in [3.05, 3.63) is 0 Å². The lowest BCUT2D eigenvalue weighted by molar-refractivity contribution is 0.0818. The van der Waals surface area contributed by atoms with Gasteiger partial charge < -0.3 is 20.4 Å². The maximum Gasteiger partial charge on any atom is 0.319 e. The van der Waals surface area contributed by atoms with Gasteiger partial charge in [0, 0.05) is 33.2 Å². The second kappa shape index (κ2) is 6.57. The molecular weight excluding hydrogens is 240 g/mol. The molecule has 0 aromatic heterocycles. The van der Waals surface area contributed by atoms with E-state index in [0.29, 0.717) is 6.04 Å². The largest absolute Gasteiger partial charge is 0.331 e. The smallest absolute Gasteiger partial charge is 0.319 e. The third-order valence-corrected chi connectivity index (χ3v) is 4.62. The summed E-state index contributed by atoms with van der Waals surface area (Å²) in [7, 11) is 3.65. The summed E-state index contributed by atoms with van der Waals surface area (Å²) < 4.78 is 0. The second-order valence-corrected chi connectivity index (χ2v) is 6.11. The van der Waals surface area contributed by atoms with E-state index in [4.69, 9.17) is 5.73 Å². The zero-order chi connectivity index (χ0) is 13.8. The van der Waals surface area contributed by atoms with Crippen molar-refractivity contribution < 1.29 is 4.79 Å². The molecule has 2 fully saturated rings. The molecule has 2 rings (SSSR count). The molecule has 0 spiro atoms. The third kappa shape index (κ3) is 3.60. The molecule has 5 nitrogen and oxygen atoms in total. The quantitative estimate of drug-likeness (QED) is 0.806. The van der Waals surface area contributed by atoms with Gasteiger partial charge in [0.1, 0.15) is 0 Å². The molecule has 2 heterocycles. The van der Waals surface area contributed by atoms with Gasteiger partial charge in [-0.1, -0.05) is 0 Å². The molecule has 19 heavy (non-hydrogen) atoms. The van der Waals surface area contributed by atoms with Crippen molar-refractivity contribution in [2.45, 2.75) is 31.7 Å². The molecule has 0 bridgehead atoms. The van der Waals surface area contributed by atoms with E-state index in [-0.39, 0.29) is 6.03 Å². The molecule has 2 N–H and O–H groups in total. The number of rotatable bonds is 2. The van der Waals surface area contributed by atoms with Gasteiger partial charge in [-0.15, -0.1) is 0 Å². The fourth-order valence-electron chi connectivity index (χ4n) is 3.26. The fourth-order valence-corrected chi connectivity index (χ4v) is 3.26. The Morgan fingerprint density at radius 3 is 2.16 bits per heavy atom. The van der Waals surface area contributed by atoms with E-state index in [1.54, 1.807) is 4.90 Å². The van der Waals surface area contributed by atoms with E-state index in [0.717, 1.165) is 38.4 Å².